The van der Waals surface area contributed by atoms with Crippen molar-refractivity contribution in [1.82, 2.24) is 5.32 Å². The van der Waals surface area contributed by atoms with Gasteiger partial charge in [-0.05, 0) is 44.2 Å². The first-order valence-electron chi connectivity index (χ1n) is 8.57. The van der Waals surface area contributed by atoms with E-state index in [1.54, 1.807) is 0 Å². The molecule has 1 N–H and O–H groups in total. The minimum atomic E-state index is 0.657. The van der Waals surface area contributed by atoms with Crippen LogP contribution in [0.2, 0.25) is 0 Å². The minimum absolute atomic E-state index is 0.657. The smallest absolute Gasteiger partial charge is 0.0107 e. The number of aryl methyl sites for hydroxylation is 1. The molecule has 1 atom stereocenters. The van der Waals surface area contributed by atoms with E-state index in [1.165, 1.54) is 62.5 Å². The summed E-state index contributed by atoms with van der Waals surface area (Å²) in [6.07, 6.45) is 11.3. The Morgan fingerprint density at radius 1 is 1.10 bits per heavy atom. The molecule has 112 valence electrons. The van der Waals surface area contributed by atoms with Crippen molar-refractivity contribution in [3.63, 3.8) is 0 Å². The molecule has 0 aliphatic heterocycles. The van der Waals surface area contributed by atoms with Gasteiger partial charge in [-0.3, -0.25) is 0 Å². The molecule has 1 aliphatic carbocycles. The van der Waals surface area contributed by atoms with Crippen molar-refractivity contribution in [2.45, 2.75) is 71.3 Å². The van der Waals surface area contributed by atoms with Crippen LogP contribution in [0.1, 0.15) is 63.0 Å². The third-order valence-corrected chi connectivity index (χ3v) is 4.74. The van der Waals surface area contributed by atoms with Crippen LogP contribution in [0.3, 0.4) is 0 Å². The van der Waals surface area contributed by atoms with Gasteiger partial charge in [0, 0.05) is 6.04 Å². The summed E-state index contributed by atoms with van der Waals surface area (Å²) in [6, 6.07) is 9.71. The summed E-state index contributed by atoms with van der Waals surface area (Å²) in [4.78, 5) is 0. The van der Waals surface area contributed by atoms with Gasteiger partial charge < -0.3 is 5.32 Å². The molecule has 1 fully saturated rings. The number of rotatable bonds is 7. The Morgan fingerprint density at radius 2 is 1.80 bits per heavy atom. The molecule has 0 radical (unpaired) electrons. The van der Waals surface area contributed by atoms with E-state index in [-0.39, 0.29) is 0 Å². The van der Waals surface area contributed by atoms with Crippen LogP contribution in [0.15, 0.2) is 24.3 Å². The number of likely N-dealkylation sites (N-methyl/N-ethyl adjacent to an activating group) is 1. The van der Waals surface area contributed by atoms with E-state index < -0.39 is 0 Å². The Labute approximate surface area is 125 Å². The van der Waals surface area contributed by atoms with E-state index >= 15 is 0 Å². The lowest BCUT2D eigenvalue weighted by Crippen LogP contribution is -2.31. The molecule has 1 unspecified atom stereocenters. The summed E-state index contributed by atoms with van der Waals surface area (Å²) >= 11 is 0. The quantitative estimate of drug-likeness (QED) is 0.747. The van der Waals surface area contributed by atoms with Crippen molar-refractivity contribution in [2.75, 3.05) is 6.54 Å². The molecule has 0 saturated heterocycles. The maximum absolute atomic E-state index is 3.69. The summed E-state index contributed by atoms with van der Waals surface area (Å²) in [7, 11) is 0. The highest BCUT2D eigenvalue weighted by molar-refractivity contribution is 5.22. The zero-order valence-electron chi connectivity index (χ0n) is 13.3. The molecule has 0 aromatic heterocycles. The van der Waals surface area contributed by atoms with E-state index in [2.05, 4.69) is 43.4 Å². The molecule has 0 heterocycles. The van der Waals surface area contributed by atoms with Crippen LogP contribution in [0, 0.1) is 12.8 Å². The third kappa shape index (κ3) is 5.28. The Bertz CT molecular complexity index is 362. The molecular weight excluding hydrogens is 242 g/mol. The molecule has 0 bridgehead atoms. The van der Waals surface area contributed by atoms with E-state index in [0.29, 0.717) is 6.04 Å². The number of benzene rings is 1. The summed E-state index contributed by atoms with van der Waals surface area (Å²) in [5.41, 5.74) is 2.83. The normalized spacial score (nSPS) is 18.1. The second-order valence-electron chi connectivity index (χ2n) is 6.53. The van der Waals surface area contributed by atoms with Crippen LogP contribution < -0.4 is 5.32 Å². The highest BCUT2D eigenvalue weighted by Gasteiger charge is 2.16. The molecule has 0 spiro atoms. The predicted octanol–water partition coefficient (Wildman–Crippen LogP) is 4.88. The van der Waals surface area contributed by atoms with Gasteiger partial charge in [-0.15, -0.1) is 0 Å². The predicted molar refractivity (Wildman–Crippen MR) is 88.2 cm³/mol. The second-order valence-corrected chi connectivity index (χ2v) is 6.53. The average molecular weight is 273 g/mol. The van der Waals surface area contributed by atoms with E-state index in [4.69, 9.17) is 0 Å². The molecule has 0 amide bonds. The minimum Gasteiger partial charge on any atom is -0.314 e. The molecule has 1 aromatic carbocycles. The van der Waals surface area contributed by atoms with Gasteiger partial charge in [0.25, 0.3) is 0 Å². The molecular formula is C19H31N. The molecule has 1 nitrogen and oxygen atoms in total. The van der Waals surface area contributed by atoms with Crippen LogP contribution in [0.4, 0.5) is 0 Å². The monoisotopic (exact) mass is 273 g/mol. The third-order valence-electron chi connectivity index (χ3n) is 4.74. The van der Waals surface area contributed by atoms with Crippen LogP contribution in [-0.2, 0) is 6.42 Å². The lowest BCUT2D eigenvalue weighted by Gasteiger charge is -2.25. The zero-order valence-corrected chi connectivity index (χ0v) is 13.3. The Hall–Kier alpha value is -0.820. The summed E-state index contributed by atoms with van der Waals surface area (Å²) < 4.78 is 0. The van der Waals surface area contributed by atoms with Crippen molar-refractivity contribution in [3.05, 3.63) is 35.4 Å². The fourth-order valence-corrected chi connectivity index (χ4v) is 3.49. The number of hydrogen-bond acceptors (Lipinski definition) is 1. The van der Waals surface area contributed by atoms with E-state index in [0.717, 1.165) is 12.5 Å². The molecule has 1 saturated carbocycles. The van der Waals surface area contributed by atoms with Gasteiger partial charge in [0.05, 0.1) is 0 Å². The first-order valence-corrected chi connectivity index (χ1v) is 8.57. The summed E-state index contributed by atoms with van der Waals surface area (Å²) in [5.74, 6) is 1.00. The fourth-order valence-electron chi connectivity index (χ4n) is 3.49. The lowest BCUT2D eigenvalue weighted by atomic mass is 9.84. The molecule has 2 rings (SSSR count). The van der Waals surface area contributed by atoms with Crippen molar-refractivity contribution < 1.29 is 0 Å². The van der Waals surface area contributed by atoms with Gasteiger partial charge in [-0.25, -0.2) is 0 Å². The average Bonchev–Trinajstić information content (AvgIpc) is 2.48. The molecule has 1 aromatic rings. The van der Waals surface area contributed by atoms with Crippen LogP contribution >= 0.6 is 0 Å². The van der Waals surface area contributed by atoms with Crippen molar-refractivity contribution >= 4 is 0 Å². The zero-order chi connectivity index (χ0) is 14.2. The van der Waals surface area contributed by atoms with Gasteiger partial charge in [-0.2, -0.15) is 0 Å². The van der Waals surface area contributed by atoms with Crippen molar-refractivity contribution in [1.29, 1.82) is 0 Å². The lowest BCUT2D eigenvalue weighted by molar-refractivity contribution is 0.313. The topological polar surface area (TPSA) is 12.0 Å². The number of nitrogens with one attached hydrogen (secondary N) is 1. The van der Waals surface area contributed by atoms with E-state index in [9.17, 15) is 0 Å². The van der Waals surface area contributed by atoms with Gasteiger partial charge in [-0.1, -0.05) is 68.9 Å². The molecule has 20 heavy (non-hydrogen) atoms. The van der Waals surface area contributed by atoms with Crippen LogP contribution in [0.25, 0.3) is 0 Å². The maximum atomic E-state index is 3.69. The van der Waals surface area contributed by atoms with E-state index in [1.807, 2.05) is 0 Å². The summed E-state index contributed by atoms with van der Waals surface area (Å²) in [6.45, 7) is 5.47. The number of hydrogen-bond donors (Lipinski definition) is 1. The van der Waals surface area contributed by atoms with Crippen LogP contribution in [0.5, 0.6) is 0 Å². The van der Waals surface area contributed by atoms with Crippen molar-refractivity contribution in [2.24, 2.45) is 5.92 Å². The first-order chi connectivity index (χ1) is 9.78. The molecule has 1 heteroatoms. The SMILES string of the molecule is CCNC(CCC1CCCCC1)Cc1ccc(C)cc1. The second kappa shape index (κ2) is 8.46. The Morgan fingerprint density at radius 3 is 2.45 bits per heavy atom. The highest BCUT2D eigenvalue weighted by Crippen LogP contribution is 2.28. The standard InChI is InChI=1S/C19H31N/c1-3-20-19(14-13-17-7-5-4-6-8-17)15-18-11-9-16(2)10-12-18/h9-12,17,19-20H,3-8,13-15H2,1-2H3. The Kier molecular flexibility index (Phi) is 6.59. The first kappa shape index (κ1) is 15.6. The largest absolute Gasteiger partial charge is 0.314 e. The van der Waals surface area contributed by atoms with Gasteiger partial charge in [0.2, 0.25) is 0 Å². The van der Waals surface area contributed by atoms with Gasteiger partial charge >= 0.3 is 0 Å². The van der Waals surface area contributed by atoms with Crippen molar-refractivity contribution in [3.8, 4) is 0 Å². The highest BCUT2D eigenvalue weighted by atomic mass is 14.9. The van der Waals surface area contributed by atoms with Gasteiger partial charge in [0.15, 0.2) is 0 Å². The maximum Gasteiger partial charge on any atom is 0.0107 e. The Balaban J connectivity index is 1.81. The molecule has 1 aliphatic rings. The van der Waals surface area contributed by atoms with Gasteiger partial charge in [0.1, 0.15) is 0 Å². The summed E-state index contributed by atoms with van der Waals surface area (Å²) in [5, 5.41) is 3.69. The van der Waals surface area contributed by atoms with Crippen LogP contribution in [-0.4, -0.2) is 12.6 Å². The fraction of sp³-hybridized carbons (Fsp3) is 0.684.